The van der Waals surface area contributed by atoms with Crippen LogP contribution in [-0.2, 0) is 21.2 Å². The fourth-order valence-electron chi connectivity index (χ4n) is 4.38. The van der Waals surface area contributed by atoms with Crippen LogP contribution in [0.3, 0.4) is 0 Å². The number of pyridine rings is 1. The number of ether oxygens (including phenoxy) is 1. The van der Waals surface area contributed by atoms with Crippen molar-refractivity contribution >= 4 is 9.84 Å². The zero-order valence-electron chi connectivity index (χ0n) is 21.0. The number of aromatic hydroxyl groups is 1. The molecule has 9 heteroatoms. The highest BCUT2D eigenvalue weighted by molar-refractivity contribution is 7.91. The highest BCUT2D eigenvalue weighted by Crippen LogP contribution is 2.33. The molecular formula is C28H29N3O5S. The van der Waals surface area contributed by atoms with E-state index in [0.717, 1.165) is 22.3 Å². The molecule has 8 nitrogen and oxygen atoms in total. The second-order valence-corrected chi connectivity index (χ2v) is 10.4. The van der Waals surface area contributed by atoms with Gasteiger partial charge in [-0.25, -0.2) is 8.42 Å². The van der Waals surface area contributed by atoms with Crippen LogP contribution in [0.4, 0.5) is 0 Å². The molecule has 0 radical (unpaired) electrons. The summed E-state index contributed by atoms with van der Waals surface area (Å²) >= 11 is 0. The Balaban J connectivity index is 1.86. The molecule has 0 aliphatic heterocycles. The number of benzene rings is 2. The molecule has 4 aromatic rings. The smallest absolute Gasteiger partial charge is 0.296 e. The normalized spacial score (nSPS) is 12.4. The van der Waals surface area contributed by atoms with Crippen molar-refractivity contribution < 1.29 is 18.3 Å². The van der Waals surface area contributed by atoms with E-state index < -0.39 is 32.2 Å². The number of aryl methyl sites for hydroxylation is 1. The molecule has 0 aliphatic rings. The first-order valence-electron chi connectivity index (χ1n) is 12.0. The van der Waals surface area contributed by atoms with Crippen molar-refractivity contribution in [2.75, 3.05) is 6.61 Å². The van der Waals surface area contributed by atoms with E-state index in [0.29, 0.717) is 13.0 Å². The van der Waals surface area contributed by atoms with Crippen molar-refractivity contribution in [2.45, 2.75) is 49.6 Å². The van der Waals surface area contributed by atoms with E-state index in [4.69, 9.17) is 4.74 Å². The topological polar surface area (TPSA) is 111 Å². The molecule has 0 fully saturated rings. The molecule has 37 heavy (non-hydrogen) atoms. The third kappa shape index (κ3) is 5.19. The molecule has 0 aliphatic carbocycles. The molecule has 4 rings (SSSR count). The summed E-state index contributed by atoms with van der Waals surface area (Å²) in [4.78, 5) is 20.3. The fraction of sp³-hybridized carbons (Fsp3) is 0.250. The minimum atomic E-state index is -4.39. The van der Waals surface area contributed by atoms with E-state index in [-0.39, 0.29) is 17.3 Å². The molecule has 2 heterocycles. The van der Waals surface area contributed by atoms with Gasteiger partial charge in [0.25, 0.3) is 5.56 Å². The first kappa shape index (κ1) is 26.2. The summed E-state index contributed by atoms with van der Waals surface area (Å²) in [6, 6.07) is 16.9. The number of nitrogens with zero attached hydrogens (tertiary/aromatic N) is 3. The largest absolute Gasteiger partial charge is 0.493 e. The zero-order valence-corrected chi connectivity index (χ0v) is 21.8. The number of sulfone groups is 1. The Labute approximate surface area is 216 Å². The standard InChI is InChI=1S/C28H29N3O5S/c1-4-24(21-9-7-6-8-10-21)31-25(18-36-5-2)30-27(32)26(28(31)33)37(34,35)22-13-11-20(12-14-22)23-15-16-29-17-19(23)3/h6-17,24,33H,4-5,18H2,1-3H3/t24-/m0/s1. The Kier molecular flexibility index (Phi) is 7.85. The molecule has 0 spiro atoms. The van der Waals surface area contributed by atoms with Crippen LogP contribution in [0.5, 0.6) is 5.88 Å². The maximum Gasteiger partial charge on any atom is 0.296 e. The van der Waals surface area contributed by atoms with E-state index in [9.17, 15) is 18.3 Å². The number of hydrogen-bond acceptors (Lipinski definition) is 7. The van der Waals surface area contributed by atoms with Crippen LogP contribution in [0.2, 0.25) is 0 Å². The lowest BCUT2D eigenvalue weighted by Crippen LogP contribution is -2.28. The van der Waals surface area contributed by atoms with Crippen LogP contribution in [0, 0.1) is 6.92 Å². The van der Waals surface area contributed by atoms with Crippen LogP contribution in [0.15, 0.2) is 87.6 Å². The average Bonchev–Trinajstić information content (AvgIpc) is 2.90. The van der Waals surface area contributed by atoms with Gasteiger partial charge in [-0.1, -0.05) is 49.4 Å². The summed E-state index contributed by atoms with van der Waals surface area (Å²) in [7, 11) is -4.39. The van der Waals surface area contributed by atoms with Gasteiger partial charge in [0.1, 0.15) is 12.4 Å². The van der Waals surface area contributed by atoms with Gasteiger partial charge in [0.2, 0.25) is 15.7 Å². The molecule has 0 amide bonds. The monoisotopic (exact) mass is 519 g/mol. The Morgan fingerprint density at radius 1 is 1.03 bits per heavy atom. The van der Waals surface area contributed by atoms with Gasteiger partial charge in [0, 0.05) is 19.0 Å². The van der Waals surface area contributed by atoms with Crippen LogP contribution in [0.1, 0.15) is 43.3 Å². The molecule has 192 valence electrons. The summed E-state index contributed by atoms with van der Waals surface area (Å²) in [5.41, 5.74) is 2.48. The predicted molar refractivity (Wildman–Crippen MR) is 140 cm³/mol. The van der Waals surface area contributed by atoms with E-state index >= 15 is 0 Å². The lowest BCUT2D eigenvalue weighted by Gasteiger charge is -2.25. The van der Waals surface area contributed by atoms with Crippen LogP contribution in [0.25, 0.3) is 11.1 Å². The Morgan fingerprint density at radius 3 is 2.35 bits per heavy atom. The fourth-order valence-corrected chi connectivity index (χ4v) is 5.72. The maximum absolute atomic E-state index is 13.7. The SMILES string of the molecule is CCOCc1nc(=O)c(S(=O)(=O)c2ccc(-c3ccncc3C)cc2)c(O)n1[C@@H](CC)c1ccccc1. The lowest BCUT2D eigenvalue weighted by atomic mass is 10.0. The highest BCUT2D eigenvalue weighted by atomic mass is 32.2. The molecule has 0 saturated heterocycles. The lowest BCUT2D eigenvalue weighted by molar-refractivity contribution is 0.121. The minimum absolute atomic E-state index is 0.0526. The Bertz CT molecular complexity index is 1550. The van der Waals surface area contributed by atoms with Gasteiger partial charge >= 0.3 is 0 Å². The second-order valence-electron chi connectivity index (χ2n) is 8.55. The summed E-state index contributed by atoms with van der Waals surface area (Å²) in [6.45, 7) is 5.94. The predicted octanol–water partition coefficient (Wildman–Crippen LogP) is 4.69. The molecule has 0 unspecified atom stereocenters. The molecule has 2 aromatic heterocycles. The van der Waals surface area contributed by atoms with Crippen LogP contribution in [-0.4, -0.2) is 34.7 Å². The minimum Gasteiger partial charge on any atom is -0.493 e. The van der Waals surface area contributed by atoms with Crippen molar-refractivity contribution in [3.63, 3.8) is 0 Å². The maximum atomic E-state index is 13.7. The van der Waals surface area contributed by atoms with Gasteiger partial charge < -0.3 is 9.84 Å². The third-order valence-electron chi connectivity index (χ3n) is 6.22. The van der Waals surface area contributed by atoms with E-state index in [1.54, 1.807) is 31.5 Å². The first-order chi connectivity index (χ1) is 17.8. The van der Waals surface area contributed by atoms with Crippen LogP contribution >= 0.6 is 0 Å². The average molecular weight is 520 g/mol. The van der Waals surface area contributed by atoms with Crippen molar-refractivity contribution in [3.05, 3.63) is 100 Å². The number of hydrogen-bond donors (Lipinski definition) is 1. The third-order valence-corrected chi connectivity index (χ3v) is 8.00. The van der Waals surface area contributed by atoms with Gasteiger partial charge in [-0.2, -0.15) is 4.98 Å². The first-order valence-corrected chi connectivity index (χ1v) is 13.5. The van der Waals surface area contributed by atoms with Crippen LogP contribution < -0.4 is 5.56 Å². The molecule has 1 N–H and O–H groups in total. The Morgan fingerprint density at radius 2 is 1.73 bits per heavy atom. The summed E-state index contributed by atoms with van der Waals surface area (Å²) in [6.07, 6.45) is 3.91. The molecule has 0 bridgehead atoms. The highest BCUT2D eigenvalue weighted by Gasteiger charge is 2.32. The Hall–Kier alpha value is -3.82. The van der Waals surface area contributed by atoms with E-state index in [2.05, 4.69) is 9.97 Å². The van der Waals surface area contributed by atoms with Gasteiger partial charge in [0.05, 0.1) is 10.9 Å². The van der Waals surface area contributed by atoms with Gasteiger partial charge in [-0.15, -0.1) is 0 Å². The zero-order chi connectivity index (χ0) is 26.6. The summed E-state index contributed by atoms with van der Waals surface area (Å²) < 4.78 is 34.2. The van der Waals surface area contributed by atoms with E-state index in [1.165, 1.54) is 16.7 Å². The van der Waals surface area contributed by atoms with E-state index in [1.807, 2.05) is 50.2 Å². The quantitative estimate of drug-likeness (QED) is 0.341. The molecule has 1 atom stereocenters. The summed E-state index contributed by atoms with van der Waals surface area (Å²) in [5.74, 6) is -0.498. The van der Waals surface area contributed by atoms with Gasteiger partial charge in [-0.3, -0.25) is 14.3 Å². The summed E-state index contributed by atoms with van der Waals surface area (Å²) in [5, 5.41) is 11.4. The van der Waals surface area contributed by atoms with Crippen molar-refractivity contribution in [1.29, 1.82) is 0 Å². The number of aromatic nitrogens is 3. The van der Waals surface area contributed by atoms with Crippen molar-refractivity contribution in [2.24, 2.45) is 0 Å². The molecule has 2 aromatic carbocycles. The van der Waals surface area contributed by atoms with Gasteiger partial charge in [0.15, 0.2) is 4.90 Å². The van der Waals surface area contributed by atoms with Crippen molar-refractivity contribution in [1.82, 2.24) is 14.5 Å². The van der Waals surface area contributed by atoms with Gasteiger partial charge in [-0.05, 0) is 60.7 Å². The molecule has 0 saturated carbocycles. The van der Waals surface area contributed by atoms with Crippen molar-refractivity contribution in [3.8, 4) is 17.0 Å². The molecular weight excluding hydrogens is 490 g/mol. The number of rotatable bonds is 9. The second kappa shape index (κ2) is 11.1.